The third-order valence-electron chi connectivity index (χ3n) is 1.71. The van der Waals surface area contributed by atoms with E-state index in [4.69, 9.17) is 0 Å². The van der Waals surface area contributed by atoms with E-state index >= 15 is 0 Å². The van der Waals surface area contributed by atoms with Gasteiger partial charge in [0.25, 0.3) is 0 Å². The van der Waals surface area contributed by atoms with Gasteiger partial charge < -0.3 is 0 Å². The molecule has 0 amide bonds. The molecular weight excluding hydrogens is 184 g/mol. The van der Waals surface area contributed by atoms with E-state index in [9.17, 15) is 0 Å². The normalized spacial score (nSPS) is 20.8. The zero-order valence-corrected chi connectivity index (χ0v) is 8.28. The van der Waals surface area contributed by atoms with E-state index in [1.54, 1.807) is 0 Å². The zero-order chi connectivity index (χ0) is 8.23. The minimum absolute atomic E-state index is 0.574. The van der Waals surface area contributed by atoms with Crippen molar-refractivity contribution in [2.24, 2.45) is 0 Å². The Balaban J connectivity index is 1.78. The summed E-state index contributed by atoms with van der Waals surface area (Å²) in [5.74, 6) is 0. The fraction of sp³-hybridized carbons (Fsp3) is 0.200. The van der Waals surface area contributed by atoms with Crippen LogP contribution >= 0.6 is 21.6 Å². The average molecular weight is 194 g/mol. The largest absolute Gasteiger partial charge is 0.0796 e. The van der Waals surface area contributed by atoms with E-state index in [1.165, 1.54) is 4.91 Å². The molecule has 0 aliphatic heterocycles. The Kier molecular flexibility index (Phi) is 2.79. The van der Waals surface area contributed by atoms with Crippen LogP contribution in [0.5, 0.6) is 0 Å². The van der Waals surface area contributed by atoms with Crippen LogP contribution in [0.15, 0.2) is 47.4 Å². The summed E-state index contributed by atoms with van der Waals surface area (Å²) in [6.45, 7) is 0. The highest BCUT2D eigenvalue weighted by atomic mass is 33.1. The lowest BCUT2D eigenvalue weighted by Gasteiger charge is -2.02. The maximum absolute atomic E-state index is 2.26. The molecule has 0 heterocycles. The minimum Gasteiger partial charge on any atom is -0.0796 e. The summed E-state index contributed by atoms with van der Waals surface area (Å²) in [4.78, 5) is 1.40. The van der Waals surface area contributed by atoms with Crippen LogP contribution in [0.25, 0.3) is 0 Å². The van der Waals surface area contributed by atoms with E-state index in [-0.39, 0.29) is 0 Å². The Hall–Kier alpha value is -0.340. The van der Waals surface area contributed by atoms with Crippen molar-refractivity contribution in [2.45, 2.75) is 11.7 Å². The van der Waals surface area contributed by atoms with Crippen molar-refractivity contribution < 1.29 is 0 Å². The number of hydrogen-bond donors (Lipinski definition) is 0. The molecule has 0 aromatic carbocycles. The van der Waals surface area contributed by atoms with Gasteiger partial charge in [-0.25, -0.2) is 0 Å². The van der Waals surface area contributed by atoms with Crippen LogP contribution in [-0.2, 0) is 0 Å². The highest BCUT2D eigenvalue weighted by Gasteiger charge is 2.06. The van der Waals surface area contributed by atoms with Gasteiger partial charge in [0.1, 0.15) is 0 Å². The van der Waals surface area contributed by atoms with Crippen LogP contribution in [0.1, 0.15) is 6.42 Å². The van der Waals surface area contributed by atoms with Crippen LogP contribution < -0.4 is 0 Å². The highest BCUT2D eigenvalue weighted by molar-refractivity contribution is 8.78. The molecule has 2 rings (SSSR count). The number of hydrogen-bond acceptors (Lipinski definition) is 2. The second kappa shape index (κ2) is 4.06. The van der Waals surface area contributed by atoms with Crippen LogP contribution in [0.4, 0.5) is 0 Å². The Morgan fingerprint density at radius 1 is 1.25 bits per heavy atom. The lowest BCUT2D eigenvalue weighted by molar-refractivity contribution is 1.45. The molecule has 0 fully saturated rings. The van der Waals surface area contributed by atoms with Gasteiger partial charge in [-0.15, -0.1) is 0 Å². The maximum Gasteiger partial charge on any atom is 0.0521 e. The summed E-state index contributed by atoms with van der Waals surface area (Å²) in [5, 5.41) is 0.574. The minimum atomic E-state index is 0.574. The van der Waals surface area contributed by atoms with Crippen LogP contribution in [-0.4, -0.2) is 5.25 Å². The maximum atomic E-state index is 2.26. The van der Waals surface area contributed by atoms with E-state index < -0.39 is 0 Å². The van der Waals surface area contributed by atoms with Gasteiger partial charge in [0.05, 0.1) is 5.25 Å². The van der Waals surface area contributed by atoms with Gasteiger partial charge in [-0.05, 0) is 6.42 Å². The van der Waals surface area contributed by atoms with Crippen molar-refractivity contribution in [3.63, 3.8) is 0 Å². The van der Waals surface area contributed by atoms with Gasteiger partial charge in [0.15, 0.2) is 0 Å². The quantitative estimate of drug-likeness (QED) is 0.628. The molecule has 62 valence electrons. The zero-order valence-electron chi connectivity index (χ0n) is 6.64. The summed E-state index contributed by atoms with van der Waals surface area (Å²) >= 11 is 0. The van der Waals surface area contributed by atoms with Crippen LogP contribution in [0, 0.1) is 0 Å². The molecule has 0 aromatic rings. The van der Waals surface area contributed by atoms with Crippen molar-refractivity contribution in [3.8, 4) is 0 Å². The summed E-state index contributed by atoms with van der Waals surface area (Å²) in [6.07, 6.45) is 16.4. The molecule has 0 bridgehead atoms. The Labute approximate surface area is 80.9 Å². The van der Waals surface area contributed by atoms with Crippen molar-refractivity contribution in [3.05, 3.63) is 47.4 Å². The summed E-state index contributed by atoms with van der Waals surface area (Å²) in [6, 6.07) is 0. The van der Waals surface area contributed by atoms with Crippen molar-refractivity contribution in [2.75, 3.05) is 0 Å². The lowest BCUT2D eigenvalue weighted by atomic mass is 10.5. The van der Waals surface area contributed by atoms with Crippen LogP contribution in [0.3, 0.4) is 0 Å². The molecule has 0 nitrogen and oxygen atoms in total. The molecule has 2 aliphatic rings. The molecule has 0 unspecified atom stereocenters. The molecule has 0 atom stereocenters. The van der Waals surface area contributed by atoms with Crippen molar-refractivity contribution in [1.82, 2.24) is 0 Å². The Morgan fingerprint density at radius 2 is 2.08 bits per heavy atom. The molecule has 0 saturated carbocycles. The lowest BCUT2D eigenvalue weighted by Crippen LogP contribution is -1.84. The van der Waals surface area contributed by atoms with Crippen LogP contribution in [0.2, 0.25) is 0 Å². The second-order valence-electron chi connectivity index (χ2n) is 2.66. The summed E-state index contributed by atoms with van der Waals surface area (Å²) in [7, 11) is 3.77. The topological polar surface area (TPSA) is 0 Å². The van der Waals surface area contributed by atoms with Gasteiger partial charge in [-0.2, -0.15) is 0 Å². The third kappa shape index (κ3) is 2.08. The van der Waals surface area contributed by atoms with Gasteiger partial charge in [-0.1, -0.05) is 64.1 Å². The molecule has 0 saturated heterocycles. The molecule has 0 N–H and O–H groups in total. The second-order valence-corrected chi connectivity index (χ2v) is 5.11. The monoisotopic (exact) mass is 194 g/mol. The number of allylic oxidation sites excluding steroid dienone is 5. The first-order chi connectivity index (χ1) is 5.95. The van der Waals surface area contributed by atoms with Gasteiger partial charge in [0, 0.05) is 4.91 Å². The fourth-order valence-electron chi connectivity index (χ4n) is 1.08. The first-order valence-electron chi connectivity index (χ1n) is 4.00. The molecule has 2 aliphatic carbocycles. The van der Waals surface area contributed by atoms with E-state index in [1.807, 2.05) is 21.6 Å². The van der Waals surface area contributed by atoms with E-state index in [0.717, 1.165) is 6.42 Å². The van der Waals surface area contributed by atoms with Crippen molar-refractivity contribution in [1.29, 1.82) is 0 Å². The van der Waals surface area contributed by atoms with Gasteiger partial charge >= 0.3 is 0 Å². The average Bonchev–Trinajstić information content (AvgIpc) is 2.74. The van der Waals surface area contributed by atoms with Gasteiger partial charge in [0.2, 0.25) is 0 Å². The van der Waals surface area contributed by atoms with E-state index in [0.29, 0.717) is 5.25 Å². The highest BCUT2D eigenvalue weighted by Crippen LogP contribution is 2.38. The predicted octanol–water partition coefficient (Wildman–Crippen LogP) is 3.71. The molecule has 0 spiro atoms. The fourth-order valence-corrected chi connectivity index (χ4v) is 3.36. The smallest absolute Gasteiger partial charge is 0.0521 e. The number of rotatable bonds is 3. The SMILES string of the molecule is C1=CC(SSC2=CCC=C2)C=C1. The predicted molar refractivity (Wildman–Crippen MR) is 59.1 cm³/mol. The molecule has 12 heavy (non-hydrogen) atoms. The first kappa shape index (κ1) is 8.27. The van der Waals surface area contributed by atoms with Gasteiger partial charge in [-0.3, -0.25) is 0 Å². The van der Waals surface area contributed by atoms with E-state index in [2.05, 4.69) is 42.5 Å². The summed E-state index contributed by atoms with van der Waals surface area (Å²) in [5.41, 5.74) is 0. The Bertz CT molecular complexity index is 260. The third-order valence-corrected chi connectivity index (χ3v) is 4.37. The first-order valence-corrected chi connectivity index (χ1v) is 6.21. The standard InChI is InChI=1S/C10H10S2/c1-2-6-9(5-1)11-12-10-7-3-4-8-10/h1-3,5-9H,4H2. The molecule has 0 radical (unpaired) electrons. The van der Waals surface area contributed by atoms with Crippen molar-refractivity contribution >= 4 is 21.6 Å². The Morgan fingerprint density at radius 3 is 2.75 bits per heavy atom. The molecule has 2 heteroatoms. The molecular formula is C10H10S2. The molecule has 0 aromatic heterocycles. The summed E-state index contributed by atoms with van der Waals surface area (Å²) < 4.78 is 0.